The van der Waals surface area contributed by atoms with E-state index in [0.717, 1.165) is 33.4 Å². The minimum Gasteiger partial charge on any atom is -0.290 e. The summed E-state index contributed by atoms with van der Waals surface area (Å²) in [6.45, 7) is 7.48. The first-order chi connectivity index (χ1) is 8.40. The second-order valence-corrected chi connectivity index (χ2v) is 4.87. The molecule has 0 aromatic heterocycles. The van der Waals surface area contributed by atoms with Crippen LogP contribution in [0, 0.1) is 0 Å². The summed E-state index contributed by atoms with van der Waals surface area (Å²) in [5.41, 5.74) is 5.44. The highest BCUT2D eigenvalue weighted by molar-refractivity contribution is 6.08. The number of hydrogen-bond donors (Lipinski definition) is 0. The molecular formula is C16H16O2. The minimum absolute atomic E-state index is 0.0612. The van der Waals surface area contributed by atoms with E-state index in [1.54, 1.807) is 12.2 Å². The molecule has 18 heavy (non-hydrogen) atoms. The highest BCUT2D eigenvalue weighted by Gasteiger charge is 2.18. The van der Waals surface area contributed by atoms with Crippen LogP contribution in [0.4, 0.5) is 0 Å². The van der Waals surface area contributed by atoms with Crippen molar-refractivity contribution in [2.75, 3.05) is 0 Å². The Hall–Kier alpha value is -1.96. The Morgan fingerprint density at radius 3 is 1.22 bits per heavy atom. The summed E-state index contributed by atoms with van der Waals surface area (Å²) in [7, 11) is 0. The zero-order valence-corrected chi connectivity index (χ0v) is 11.1. The van der Waals surface area contributed by atoms with Crippen molar-refractivity contribution < 1.29 is 9.59 Å². The molecule has 0 heterocycles. The molecule has 0 spiro atoms. The zero-order valence-electron chi connectivity index (χ0n) is 11.1. The van der Waals surface area contributed by atoms with Gasteiger partial charge in [-0.1, -0.05) is 0 Å². The molecule has 2 heteroatoms. The third-order valence-electron chi connectivity index (χ3n) is 3.33. The number of allylic oxidation sites excluding steroid dienone is 10. The SMILES string of the molecule is CC1=C/C(=C2/C=C(C)C(=O)C=C2C)C(C)=CC1=O. The first-order valence-electron chi connectivity index (χ1n) is 5.97. The molecule has 2 nitrogen and oxygen atoms in total. The minimum atomic E-state index is 0.0612. The van der Waals surface area contributed by atoms with Crippen molar-refractivity contribution in [1.82, 2.24) is 0 Å². The molecule has 0 fully saturated rings. The topological polar surface area (TPSA) is 34.1 Å². The molecule has 0 aromatic rings. The Balaban J connectivity index is 2.62. The van der Waals surface area contributed by atoms with Crippen molar-refractivity contribution in [3.63, 3.8) is 0 Å². The molecule has 0 saturated heterocycles. The molecule has 0 saturated carbocycles. The Bertz CT molecular complexity index is 551. The molecule has 2 rings (SSSR count). The number of rotatable bonds is 0. The smallest absolute Gasteiger partial charge is 0.181 e. The van der Waals surface area contributed by atoms with Gasteiger partial charge in [-0.15, -0.1) is 0 Å². The molecule has 0 unspecified atom stereocenters. The van der Waals surface area contributed by atoms with E-state index in [4.69, 9.17) is 0 Å². The van der Waals surface area contributed by atoms with E-state index in [2.05, 4.69) is 0 Å². The number of ketones is 2. The van der Waals surface area contributed by atoms with Crippen LogP contribution in [0.15, 0.2) is 57.7 Å². The van der Waals surface area contributed by atoms with E-state index < -0.39 is 0 Å². The molecule has 0 aromatic carbocycles. The summed E-state index contributed by atoms with van der Waals surface area (Å²) in [5, 5.41) is 0. The second-order valence-electron chi connectivity index (χ2n) is 4.87. The fourth-order valence-corrected chi connectivity index (χ4v) is 2.16. The fraction of sp³-hybridized carbons (Fsp3) is 0.250. The molecular weight excluding hydrogens is 224 g/mol. The highest BCUT2D eigenvalue weighted by Crippen LogP contribution is 2.30. The van der Waals surface area contributed by atoms with Gasteiger partial charge in [-0.2, -0.15) is 0 Å². The summed E-state index contributed by atoms with van der Waals surface area (Å²) >= 11 is 0. The van der Waals surface area contributed by atoms with Crippen LogP contribution >= 0.6 is 0 Å². The van der Waals surface area contributed by atoms with E-state index in [1.807, 2.05) is 39.8 Å². The fourth-order valence-electron chi connectivity index (χ4n) is 2.16. The molecule has 0 bridgehead atoms. The van der Waals surface area contributed by atoms with Gasteiger partial charge < -0.3 is 0 Å². The van der Waals surface area contributed by atoms with Crippen molar-refractivity contribution in [3.05, 3.63) is 57.7 Å². The Morgan fingerprint density at radius 1 is 0.556 bits per heavy atom. The van der Waals surface area contributed by atoms with Gasteiger partial charge in [0.2, 0.25) is 0 Å². The maximum atomic E-state index is 11.6. The predicted molar refractivity (Wildman–Crippen MR) is 72.1 cm³/mol. The van der Waals surface area contributed by atoms with Crippen LogP contribution in [0.1, 0.15) is 27.7 Å². The Kier molecular flexibility index (Phi) is 3.04. The molecule has 0 amide bonds. The molecule has 2 aliphatic carbocycles. The van der Waals surface area contributed by atoms with Crippen molar-refractivity contribution in [3.8, 4) is 0 Å². The first-order valence-corrected chi connectivity index (χ1v) is 5.97. The lowest BCUT2D eigenvalue weighted by molar-refractivity contribution is -0.112. The van der Waals surface area contributed by atoms with Crippen LogP contribution in [-0.4, -0.2) is 11.6 Å². The summed E-state index contributed by atoms with van der Waals surface area (Å²) in [6, 6.07) is 0. The molecule has 0 atom stereocenters. The van der Waals surface area contributed by atoms with E-state index in [1.165, 1.54) is 0 Å². The second kappa shape index (κ2) is 4.37. The van der Waals surface area contributed by atoms with Crippen molar-refractivity contribution >= 4 is 11.6 Å². The van der Waals surface area contributed by atoms with Crippen LogP contribution in [0.5, 0.6) is 0 Å². The van der Waals surface area contributed by atoms with Gasteiger partial charge in [0.25, 0.3) is 0 Å². The molecule has 0 radical (unpaired) electrons. The zero-order chi connectivity index (χ0) is 13.4. The monoisotopic (exact) mass is 240 g/mol. The summed E-state index contributed by atoms with van der Waals surface area (Å²) in [5.74, 6) is 0.122. The number of carbonyl (C=O) groups is 2. The normalized spacial score (nSPS) is 24.4. The quantitative estimate of drug-likeness (QED) is 0.651. The maximum absolute atomic E-state index is 11.6. The van der Waals surface area contributed by atoms with Crippen LogP contribution in [0.2, 0.25) is 0 Å². The van der Waals surface area contributed by atoms with E-state index in [-0.39, 0.29) is 11.6 Å². The summed E-state index contributed by atoms with van der Waals surface area (Å²) in [4.78, 5) is 23.2. The van der Waals surface area contributed by atoms with Gasteiger partial charge in [0.1, 0.15) is 0 Å². The van der Waals surface area contributed by atoms with Crippen LogP contribution in [-0.2, 0) is 9.59 Å². The van der Waals surface area contributed by atoms with Gasteiger partial charge in [0, 0.05) is 0 Å². The third-order valence-corrected chi connectivity index (χ3v) is 3.33. The van der Waals surface area contributed by atoms with Gasteiger partial charge in [-0.25, -0.2) is 0 Å². The summed E-state index contributed by atoms with van der Waals surface area (Å²) in [6.07, 6.45) is 7.13. The van der Waals surface area contributed by atoms with Crippen LogP contribution in [0.25, 0.3) is 0 Å². The average molecular weight is 240 g/mol. The van der Waals surface area contributed by atoms with Crippen molar-refractivity contribution in [1.29, 1.82) is 0 Å². The number of carbonyl (C=O) groups excluding carboxylic acids is 2. The van der Waals surface area contributed by atoms with Gasteiger partial charge in [0.05, 0.1) is 0 Å². The third kappa shape index (κ3) is 2.06. The first kappa shape index (κ1) is 12.5. The van der Waals surface area contributed by atoms with Gasteiger partial charge in [-0.3, -0.25) is 9.59 Å². The lowest BCUT2D eigenvalue weighted by Gasteiger charge is -2.18. The highest BCUT2D eigenvalue weighted by atomic mass is 16.1. The maximum Gasteiger partial charge on any atom is 0.181 e. The van der Waals surface area contributed by atoms with Gasteiger partial charge in [0.15, 0.2) is 11.6 Å². The molecule has 2 aliphatic rings. The lowest BCUT2D eigenvalue weighted by atomic mass is 9.85. The van der Waals surface area contributed by atoms with Crippen LogP contribution in [0.3, 0.4) is 0 Å². The molecule has 0 N–H and O–H groups in total. The van der Waals surface area contributed by atoms with E-state index in [0.29, 0.717) is 0 Å². The van der Waals surface area contributed by atoms with E-state index in [9.17, 15) is 9.59 Å². The molecule has 0 aliphatic heterocycles. The molecule has 92 valence electrons. The standard InChI is InChI=1S/C16H16O2/c1-9-7-15(17)11(3)5-13(9)14-6-12(4)16(18)8-10(14)2/h5-8H,1-4H3/b14-13+. The van der Waals surface area contributed by atoms with Gasteiger partial charge in [-0.05, 0) is 85.4 Å². The average Bonchev–Trinajstić information content (AvgIpc) is 2.29. The van der Waals surface area contributed by atoms with Crippen molar-refractivity contribution in [2.24, 2.45) is 0 Å². The van der Waals surface area contributed by atoms with Crippen molar-refractivity contribution in [2.45, 2.75) is 27.7 Å². The largest absolute Gasteiger partial charge is 0.290 e. The van der Waals surface area contributed by atoms with Gasteiger partial charge >= 0.3 is 0 Å². The predicted octanol–water partition coefficient (Wildman–Crippen LogP) is 3.23. The Labute approximate surface area is 107 Å². The number of hydrogen-bond acceptors (Lipinski definition) is 2. The summed E-state index contributed by atoms with van der Waals surface area (Å²) < 4.78 is 0. The lowest BCUT2D eigenvalue weighted by Crippen LogP contribution is -2.09. The Morgan fingerprint density at radius 2 is 0.889 bits per heavy atom. The van der Waals surface area contributed by atoms with Crippen LogP contribution < -0.4 is 0 Å². The van der Waals surface area contributed by atoms with E-state index >= 15 is 0 Å².